The molecule has 2 aromatic heterocycles. The van der Waals surface area contributed by atoms with E-state index in [0.717, 1.165) is 32.1 Å². The first-order valence-electron chi connectivity index (χ1n) is 12.2. The Morgan fingerprint density at radius 3 is 2.62 bits per heavy atom. The molecule has 0 spiro atoms. The third-order valence-electron chi connectivity index (χ3n) is 5.88. The molecule has 0 aliphatic rings. The van der Waals surface area contributed by atoms with Crippen LogP contribution in [0.5, 0.6) is 11.5 Å². The van der Waals surface area contributed by atoms with Gasteiger partial charge in [0, 0.05) is 23.6 Å². The molecule has 203 valence electrons. The van der Waals surface area contributed by atoms with Crippen LogP contribution >= 0.6 is 11.6 Å². The Kier molecular flexibility index (Phi) is 9.40. The first-order chi connectivity index (χ1) is 18.9. The number of benzene rings is 2. The molecular weight excluding hydrogens is 525 g/mol. The van der Waals surface area contributed by atoms with Crippen molar-refractivity contribution in [1.29, 1.82) is 0 Å². The molecule has 0 unspecified atom stereocenters. The number of anilines is 3. The van der Waals surface area contributed by atoms with Crippen molar-refractivity contribution in [1.82, 2.24) is 24.8 Å². The number of carbonyl (C=O) groups is 1. The topological polar surface area (TPSA) is 114 Å². The van der Waals surface area contributed by atoms with Crippen molar-refractivity contribution in [2.75, 3.05) is 44.0 Å². The second-order valence-electron chi connectivity index (χ2n) is 8.38. The third kappa shape index (κ3) is 7.06. The van der Waals surface area contributed by atoms with Gasteiger partial charge in [-0.1, -0.05) is 18.5 Å². The summed E-state index contributed by atoms with van der Waals surface area (Å²) in [5.74, 6) is 0.606. The minimum absolute atomic E-state index is 0.0688. The van der Waals surface area contributed by atoms with Crippen molar-refractivity contribution in [2.24, 2.45) is 0 Å². The van der Waals surface area contributed by atoms with Gasteiger partial charge in [0.2, 0.25) is 5.95 Å². The molecule has 0 atom stereocenters. The van der Waals surface area contributed by atoms with Crippen molar-refractivity contribution in [3.05, 3.63) is 72.4 Å². The van der Waals surface area contributed by atoms with Crippen LogP contribution < -0.4 is 20.1 Å². The summed E-state index contributed by atoms with van der Waals surface area (Å²) in [6.07, 6.45) is 5.29. The van der Waals surface area contributed by atoms with E-state index in [2.05, 4.69) is 49.3 Å². The highest BCUT2D eigenvalue weighted by Gasteiger charge is 2.14. The number of amides is 1. The Morgan fingerprint density at radius 2 is 1.92 bits per heavy atom. The molecule has 39 heavy (non-hydrogen) atoms. The van der Waals surface area contributed by atoms with Gasteiger partial charge in [-0.15, -0.1) is 0 Å². The summed E-state index contributed by atoms with van der Waals surface area (Å²) in [6.45, 7) is 9.18. The molecule has 0 aliphatic heterocycles. The van der Waals surface area contributed by atoms with Gasteiger partial charge in [0.15, 0.2) is 11.5 Å². The van der Waals surface area contributed by atoms with E-state index in [1.54, 1.807) is 7.11 Å². The predicted octanol–water partition coefficient (Wildman–Crippen LogP) is 5.14. The Balaban J connectivity index is 1.44. The van der Waals surface area contributed by atoms with Crippen LogP contribution in [0.4, 0.5) is 21.8 Å². The Bertz CT molecular complexity index is 1440. The Hall–Kier alpha value is -4.09. The first kappa shape index (κ1) is 27.9. The molecule has 0 saturated carbocycles. The minimum Gasteiger partial charge on any atom is -0.493 e. The average Bonchev–Trinajstić information content (AvgIpc) is 2.95. The average molecular weight is 553 g/mol. The molecule has 4 rings (SSSR count). The second kappa shape index (κ2) is 13.1. The lowest BCUT2D eigenvalue weighted by Gasteiger charge is -2.18. The SMILES string of the molecule is [CH2]CN(CC)CCCOc1cc2ncnc(Nc3cnc(NC(=O)c4ccc(F)c(Cl)c4)nc3)c2cc1OC. The van der Waals surface area contributed by atoms with E-state index in [-0.39, 0.29) is 16.5 Å². The molecule has 12 heteroatoms. The highest BCUT2D eigenvalue weighted by molar-refractivity contribution is 6.31. The van der Waals surface area contributed by atoms with E-state index in [4.69, 9.17) is 21.1 Å². The molecule has 0 fully saturated rings. The highest BCUT2D eigenvalue weighted by atomic mass is 35.5. The van der Waals surface area contributed by atoms with Crippen molar-refractivity contribution in [3.63, 3.8) is 0 Å². The number of methoxy groups -OCH3 is 1. The van der Waals surface area contributed by atoms with E-state index >= 15 is 0 Å². The number of aromatic nitrogens is 4. The predicted molar refractivity (Wildman–Crippen MR) is 148 cm³/mol. The maximum atomic E-state index is 13.4. The maximum Gasteiger partial charge on any atom is 0.258 e. The summed E-state index contributed by atoms with van der Waals surface area (Å²) in [4.78, 5) is 31.7. The van der Waals surface area contributed by atoms with Crippen molar-refractivity contribution >= 4 is 45.9 Å². The molecule has 0 aliphatic carbocycles. The van der Waals surface area contributed by atoms with Crippen molar-refractivity contribution in [2.45, 2.75) is 13.3 Å². The van der Waals surface area contributed by atoms with Crippen molar-refractivity contribution in [3.8, 4) is 11.5 Å². The van der Waals surface area contributed by atoms with Gasteiger partial charge in [0.1, 0.15) is 18.0 Å². The first-order valence-corrected chi connectivity index (χ1v) is 12.6. The quantitative estimate of drug-likeness (QED) is 0.230. The van der Waals surface area contributed by atoms with Gasteiger partial charge < -0.3 is 19.7 Å². The maximum absolute atomic E-state index is 13.4. The lowest BCUT2D eigenvalue weighted by molar-refractivity contribution is 0.102. The molecule has 0 saturated heterocycles. The highest BCUT2D eigenvalue weighted by Crippen LogP contribution is 2.34. The van der Waals surface area contributed by atoms with E-state index < -0.39 is 11.7 Å². The molecule has 1 amide bonds. The molecule has 2 N–H and O–H groups in total. The van der Waals surface area contributed by atoms with Gasteiger partial charge in [-0.2, -0.15) is 0 Å². The van der Waals surface area contributed by atoms with Gasteiger partial charge in [-0.25, -0.2) is 24.3 Å². The summed E-state index contributed by atoms with van der Waals surface area (Å²) in [5.41, 5.74) is 1.38. The van der Waals surface area contributed by atoms with Crippen molar-refractivity contribution < 1.29 is 18.7 Å². The fourth-order valence-corrected chi connectivity index (χ4v) is 3.92. The molecule has 0 bridgehead atoms. The smallest absolute Gasteiger partial charge is 0.258 e. The number of ether oxygens (including phenoxy) is 2. The lowest BCUT2D eigenvalue weighted by atomic mass is 10.2. The monoisotopic (exact) mass is 552 g/mol. The molecule has 2 aromatic carbocycles. The minimum atomic E-state index is -0.609. The van der Waals surface area contributed by atoms with E-state index in [1.165, 1.54) is 30.9 Å². The van der Waals surface area contributed by atoms with Gasteiger partial charge in [-0.3, -0.25) is 10.1 Å². The fraction of sp³-hybridized carbons (Fsp3) is 0.259. The van der Waals surface area contributed by atoms with Gasteiger partial charge in [-0.05, 0) is 50.7 Å². The van der Waals surface area contributed by atoms with Crippen LogP contribution in [-0.2, 0) is 0 Å². The van der Waals surface area contributed by atoms with E-state index in [0.29, 0.717) is 40.5 Å². The number of hydrogen-bond donors (Lipinski definition) is 2. The van der Waals surface area contributed by atoms with Crippen LogP contribution in [0.15, 0.2) is 49.1 Å². The van der Waals surface area contributed by atoms with Crippen LogP contribution in [0.2, 0.25) is 5.02 Å². The van der Waals surface area contributed by atoms with Gasteiger partial charge in [0.25, 0.3) is 5.91 Å². The largest absolute Gasteiger partial charge is 0.493 e. The van der Waals surface area contributed by atoms with E-state index in [1.807, 2.05) is 12.1 Å². The fourth-order valence-electron chi connectivity index (χ4n) is 3.74. The molecule has 4 aromatic rings. The van der Waals surface area contributed by atoms with Crippen LogP contribution in [-0.4, -0.2) is 64.1 Å². The Morgan fingerprint density at radius 1 is 1.13 bits per heavy atom. The normalized spacial score (nSPS) is 11.0. The molecule has 2 heterocycles. The van der Waals surface area contributed by atoms with Crippen LogP contribution in [0.1, 0.15) is 23.7 Å². The Labute approximate surface area is 230 Å². The summed E-state index contributed by atoms with van der Waals surface area (Å²) in [6, 6.07) is 7.30. The number of hydrogen-bond acceptors (Lipinski definition) is 9. The lowest BCUT2D eigenvalue weighted by Crippen LogP contribution is -2.25. The summed E-state index contributed by atoms with van der Waals surface area (Å²) in [5, 5.41) is 6.27. The summed E-state index contributed by atoms with van der Waals surface area (Å²) >= 11 is 5.75. The second-order valence-corrected chi connectivity index (χ2v) is 8.79. The van der Waals surface area contributed by atoms with Crippen LogP contribution in [0, 0.1) is 12.7 Å². The summed E-state index contributed by atoms with van der Waals surface area (Å²) < 4.78 is 24.9. The third-order valence-corrected chi connectivity index (χ3v) is 6.17. The van der Waals surface area contributed by atoms with Crippen LogP contribution in [0.3, 0.4) is 0 Å². The zero-order valence-electron chi connectivity index (χ0n) is 21.6. The number of fused-ring (bicyclic) bond motifs is 1. The van der Waals surface area contributed by atoms with Crippen LogP contribution in [0.25, 0.3) is 10.9 Å². The van der Waals surface area contributed by atoms with E-state index in [9.17, 15) is 9.18 Å². The number of halogens is 2. The number of nitrogens with zero attached hydrogens (tertiary/aromatic N) is 5. The molecule has 10 nitrogen and oxygen atoms in total. The standard InChI is InChI=1S/C27H28ClFN7O3/c1-4-36(5-2)9-6-10-39-24-13-22-19(12-23(24)38-3)25(33-16-32-22)34-18-14-30-27(31-15-18)35-26(37)17-7-8-21(29)20(28)11-17/h7-8,11-16H,1,4-6,9-10H2,2-3H3,(H,32,33,34)(H,30,31,35,37). The molecular formula is C27H28ClFN7O3. The van der Waals surface area contributed by atoms with Gasteiger partial charge >= 0.3 is 0 Å². The zero-order valence-corrected chi connectivity index (χ0v) is 22.3. The van der Waals surface area contributed by atoms with Gasteiger partial charge in [0.05, 0.1) is 42.3 Å². The zero-order chi connectivity index (χ0) is 27.8. The summed E-state index contributed by atoms with van der Waals surface area (Å²) in [7, 11) is 1.58. The molecule has 1 radical (unpaired) electrons. The number of rotatable bonds is 12. The number of carbonyl (C=O) groups excluding carboxylic acids is 1. The number of nitrogens with one attached hydrogen (secondary N) is 2.